The van der Waals surface area contributed by atoms with E-state index in [2.05, 4.69) is 83.8 Å². The summed E-state index contributed by atoms with van der Waals surface area (Å²) in [6, 6.07) is 23.3. The maximum atomic E-state index is 14.7. The molecule has 4 unspecified atom stereocenters. The summed E-state index contributed by atoms with van der Waals surface area (Å²) in [5.41, 5.74) is 11.8. The summed E-state index contributed by atoms with van der Waals surface area (Å²) in [5.74, 6) is 1.78. The Morgan fingerprint density at radius 3 is 0.761 bits per heavy atom. The lowest BCUT2D eigenvalue weighted by Gasteiger charge is -2.38. The van der Waals surface area contributed by atoms with Crippen LogP contribution in [0.5, 0.6) is 46.0 Å². The van der Waals surface area contributed by atoms with Gasteiger partial charge in [-0.25, -0.2) is 0 Å². The van der Waals surface area contributed by atoms with Crippen molar-refractivity contribution in [2.45, 2.75) is 178 Å². The largest absolute Gasteiger partial charge is 0.457 e. The van der Waals surface area contributed by atoms with Gasteiger partial charge in [-0.3, -0.25) is 29.0 Å². The summed E-state index contributed by atoms with van der Waals surface area (Å²) >= 11 is 7.97. The highest BCUT2D eigenvalue weighted by Gasteiger charge is 2.45. The van der Waals surface area contributed by atoms with E-state index in [1.54, 1.807) is 48.5 Å². The van der Waals surface area contributed by atoms with E-state index in [1.165, 1.54) is 9.80 Å². The summed E-state index contributed by atoms with van der Waals surface area (Å²) in [7, 11) is 0. The summed E-state index contributed by atoms with van der Waals surface area (Å²) in [5, 5.41) is 0.755. The van der Waals surface area contributed by atoms with Crippen molar-refractivity contribution in [1.29, 1.82) is 0 Å². The first-order chi connectivity index (χ1) is 43.1. The third kappa shape index (κ3) is 10.4. The minimum absolute atomic E-state index is 0.126. The van der Waals surface area contributed by atoms with Crippen molar-refractivity contribution < 1.29 is 57.1 Å². The monoisotopic (exact) mass is 1320 g/mol. The molecule has 7 aliphatic rings. The van der Waals surface area contributed by atoms with E-state index in [-0.39, 0.29) is 87.6 Å². The Hall–Kier alpha value is -7.04. The molecule has 0 fully saturated rings. The summed E-state index contributed by atoms with van der Waals surface area (Å²) in [6.07, 6.45) is 14.2. The number of benzene rings is 6. The van der Waals surface area contributed by atoms with Gasteiger partial charge in [0.1, 0.15) is 46.0 Å². The molecule has 6 aromatic rings. The third-order valence-electron chi connectivity index (χ3n) is 19.2. The van der Waals surface area contributed by atoms with Crippen LogP contribution in [-0.2, 0) is 23.7 Å². The number of alkyl halides is 2. The number of rotatable bonds is 22. The fraction of sp³-hybridized carbons (Fsp3) is 0.444. The molecule has 13 rings (SSSR count). The molecule has 0 N–H and O–H groups in total. The quantitative estimate of drug-likeness (QED) is 0.0362. The first-order valence-corrected chi connectivity index (χ1v) is 34.2. The van der Waals surface area contributed by atoms with Crippen molar-refractivity contribution in [3.05, 3.63) is 162 Å². The van der Waals surface area contributed by atoms with Gasteiger partial charge in [0.05, 0.1) is 46.5 Å². The molecule has 0 aromatic heterocycles. The molecule has 4 amide bonds. The number of carbonyl (C=O) groups excluding carboxylic acids is 4. The van der Waals surface area contributed by atoms with Gasteiger partial charge in [-0.1, -0.05) is 161 Å². The van der Waals surface area contributed by atoms with E-state index in [0.717, 1.165) is 133 Å². The number of ether oxygens (including phenoxy) is 8. The van der Waals surface area contributed by atoms with Crippen molar-refractivity contribution in [2.24, 2.45) is 0 Å². The smallest absolute Gasteiger partial charge is 0.261 e. The van der Waals surface area contributed by atoms with Gasteiger partial charge in [-0.15, -0.1) is 0 Å². The Kier molecular flexibility index (Phi) is 17.6. The van der Waals surface area contributed by atoms with Crippen molar-refractivity contribution >= 4 is 55.5 Å². The van der Waals surface area contributed by atoms with Gasteiger partial charge in [0.25, 0.3) is 23.6 Å². The molecule has 0 saturated carbocycles. The molecular formula is C72H76Br2N2O12. The predicted octanol–water partition coefficient (Wildman–Crippen LogP) is 17.1. The summed E-state index contributed by atoms with van der Waals surface area (Å²) < 4.78 is 56.5. The van der Waals surface area contributed by atoms with E-state index in [1.807, 2.05) is 0 Å². The topological polar surface area (TPSA) is 149 Å². The van der Waals surface area contributed by atoms with Gasteiger partial charge >= 0.3 is 0 Å². The van der Waals surface area contributed by atoms with Crippen LogP contribution in [0.3, 0.4) is 0 Å². The normalized spacial score (nSPS) is 18.9. The second kappa shape index (κ2) is 25.8. The summed E-state index contributed by atoms with van der Waals surface area (Å²) in [4.78, 5) is 61.4. The fourth-order valence-electron chi connectivity index (χ4n) is 14.9. The second-order valence-corrected chi connectivity index (χ2v) is 25.5. The zero-order chi connectivity index (χ0) is 60.7. The number of carbonyl (C=O) groups is 4. The first kappa shape index (κ1) is 59.9. The number of hydrogen-bond donors (Lipinski definition) is 0. The van der Waals surface area contributed by atoms with Gasteiger partial charge < -0.3 is 37.9 Å². The van der Waals surface area contributed by atoms with Crippen LogP contribution in [0.15, 0.2) is 72.8 Å². The number of amides is 4. The lowest BCUT2D eigenvalue weighted by molar-refractivity contribution is 0.0616. The molecule has 4 atom stereocenters. The molecule has 88 heavy (non-hydrogen) atoms. The standard InChI is InChI=1S/C72H76Br2N2O12/c1-5-9-13-21-41-49-29-50-42(22-14-10-6-2)55-32-56-44(24-16-12-8-4)52-30-51-43(23-15-11-7-3)54-31-53(41)65-59(35-75-69(77)45-25-17-18-26-46(45)70(75)78)66(54)86-39-83-63(51)58(34-74)64(52)84-40-88-68(56)60(36-76-71(79)47-27-19-20-28-48(47)72(76)80)67(55)87-38-82-62(50)57(33-73)61(49)81-37-85-65/h17-20,25-32,41-44H,5-16,21-24,33-40H2,1-4H3. The lowest BCUT2D eigenvalue weighted by atomic mass is 9.74. The van der Waals surface area contributed by atoms with Crippen LogP contribution < -0.4 is 37.9 Å². The molecule has 0 saturated heterocycles. The van der Waals surface area contributed by atoms with Gasteiger partial charge in [0, 0.05) is 90.0 Å². The maximum absolute atomic E-state index is 14.7. The Bertz CT molecular complexity index is 3290. The molecule has 6 heterocycles. The number of hydrogen-bond acceptors (Lipinski definition) is 12. The molecule has 460 valence electrons. The average Bonchev–Trinajstić information content (AvgIpc) is 0.947. The molecular weight excluding hydrogens is 1240 g/mol. The Morgan fingerprint density at radius 1 is 0.341 bits per heavy atom. The van der Waals surface area contributed by atoms with E-state index < -0.39 is 0 Å². The highest BCUT2D eigenvalue weighted by molar-refractivity contribution is 9.08. The summed E-state index contributed by atoms with van der Waals surface area (Å²) in [6.45, 7) is 7.78. The molecule has 1 aliphatic carbocycles. The Labute approximate surface area is 532 Å². The van der Waals surface area contributed by atoms with Crippen LogP contribution in [-0.4, -0.2) is 60.6 Å². The molecule has 16 heteroatoms. The first-order valence-electron chi connectivity index (χ1n) is 32.0. The van der Waals surface area contributed by atoms with E-state index in [0.29, 0.717) is 116 Å². The zero-order valence-corrected chi connectivity index (χ0v) is 53.9. The number of fused-ring (bicyclic) bond motifs is 2. The molecule has 6 aliphatic heterocycles. The van der Waals surface area contributed by atoms with Crippen LogP contribution in [0.4, 0.5) is 0 Å². The average molecular weight is 1320 g/mol. The van der Waals surface area contributed by atoms with Crippen molar-refractivity contribution in [3.63, 3.8) is 0 Å². The lowest BCUT2D eigenvalue weighted by Crippen LogP contribution is -2.31. The number of imide groups is 2. The Balaban J connectivity index is 1.17. The maximum Gasteiger partial charge on any atom is 0.261 e. The molecule has 0 spiro atoms. The minimum Gasteiger partial charge on any atom is -0.457 e. The van der Waals surface area contributed by atoms with Crippen LogP contribution in [0.25, 0.3) is 0 Å². The van der Waals surface area contributed by atoms with Crippen molar-refractivity contribution in [1.82, 2.24) is 9.80 Å². The predicted molar refractivity (Wildman–Crippen MR) is 341 cm³/mol. The highest BCUT2D eigenvalue weighted by atomic mass is 79.9. The van der Waals surface area contributed by atoms with E-state index in [4.69, 9.17) is 37.9 Å². The molecule has 0 radical (unpaired) electrons. The van der Waals surface area contributed by atoms with Crippen LogP contribution in [0.1, 0.15) is 262 Å². The molecule has 14 nitrogen and oxygen atoms in total. The molecule has 8 bridgehead atoms. The van der Waals surface area contributed by atoms with Gasteiger partial charge in [0.2, 0.25) is 27.2 Å². The van der Waals surface area contributed by atoms with Gasteiger partial charge in [0.15, 0.2) is 0 Å². The van der Waals surface area contributed by atoms with Crippen LogP contribution in [0, 0.1) is 0 Å². The van der Waals surface area contributed by atoms with Gasteiger partial charge in [-0.2, -0.15) is 0 Å². The van der Waals surface area contributed by atoms with E-state index >= 15 is 0 Å². The number of nitrogens with zero attached hydrogens (tertiary/aromatic N) is 2. The van der Waals surface area contributed by atoms with Crippen LogP contribution in [0.2, 0.25) is 0 Å². The number of unbranched alkanes of at least 4 members (excludes halogenated alkanes) is 8. The van der Waals surface area contributed by atoms with Crippen molar-refractivity contribution in [3.8, 4) is 46.0 Å². The van der Waals surface area contributed by atoms with Crippen LogP contribution >= 0.6 is 31.9 Å². The number of halogens is 2. The fourth-order valence-corrected chi connectivity index (χ4v) is 16.0. The van der Waals surface area contributed by atoms with Crippen molar-refractivity contribution in [2.75, 3.05) is 27.2 Å². The van der Waals surface area contributed by atoms with Gasteiger partial charge in [-0.05, 0) is 74.2 Å². The SMILES string of the molecule is CCCCCC1c2cc3c4c(CBr)c2OCOc2c1cc1c(c2CN2C(=O)c5ccccc5C2=O)OCOc2c(cc5c(c2CBr)OCOc2c(cc(c(c2CN2C(=O)c6ccccc6C2=O)OCO4)C3CCCCC)C5CCCCC)C1CCCCC. The second-order valence-electron chi connectivity index (χ2n) is 24.3. The Morgan fingerprint density at radius 2 is 0.557 bits per heavy atom. The van der Waals surface area contributed by atoms with E-state index in [9.17, 15) is 19.2 Å². The minimum atomic E-state index is -0.383. The molecule has 6 aromatic carbocycles. The third-order valence-corrected chi connectivity index (χ3v) is 20.3. The zero-order valence-electron chi connectivity index (χ0n) is 50.8. The highest BCUT2D eigenvalue weighted by Crippen LogP contribution is 2.59.